The van der Waals surface area contributed by atoms with Crippen LogP contribution in [0.5, 0.6) is 5.75 Å². The van der Waals surface area contributed by atoms with Crippen LogP contribution in [-0.4, -0.2) is 18.7 Å². The molecular formula is C18H22O3. The van der Waals surface area contributed by atoms with E-state index in [0.717, 1.165) is 42.4 Å². The lowest BCUT2D eigenvalue weighted by molar-refractivity contribution is -0.125. The topological polar surface area (TPSA) is 43.4 Å². The summed E-state index contributed by atoms with van der Waals surface area (Å²) in [5.74, 6) is 0.208. The number of fused-ring (bicyclic) bond motifs is 1. The molecular weight excluding hydrogens is 264 g/mol. The van der Waals surface area contributed by atoms with Crippen molar-refractivity contribution in [2.45, 2.75) is 45.4 Å². The summed E-state index contributed by atoms with van der Waals surface area (Å²) in [6.45, 7) is 3.96. The van der Waals surface area contributed by atoms with Gasteiger partial charge >= 0.3 is 0 Å². The molecule has 0 saturated heterocycles. The largest absolute Gasteiger partial charge is 0.496 e. The predicted octanol–water partition coefficient (Wildman–Crippen LogP) is 3.35. The fraction of sp³-hybridized carbons (Fsp3) is 0.556. The second-order valence-electron chi connectivity index (χ2n) is 6.43. The van der Waals surface area contributed by atoms with Crippen molar-refractivity contribution in [2.24, 2.45) is 11.8 Å². The van der Waals surface area contributed by atoms with Gasteiger partial charge in [-0.15, -0.1) is 0 Å². The molecule has 0 aliphatic heterocycles. The summed E-state index contributed by atoms with van der Waals surface area (Å²) in [5.41, 5.74) is 2.87. The Morgan fingerprint density at radius 3 is 2.10 bits per heavy atom. The molecule has 0 spiro atoms. The maximum atomic E-state index is 12.8. The third-order valence-electron chi connectivity index (χ3n) is 5.07. The average molecular weight is 286 g/mol. The lowest BCUT2D eigenvalue weighted by Gasteiger charge is -2.21. The zero-order valence-corrected chi connectivity index (χ0v) is 12.9. The second-order valence-corrected chi connectivity index (χ2v) is 6.43. The zero-order valence-electron chi connectivity index (χ0n) is 12.9. The zero-order chi connectivity index (χ0) is 15.1. The lowest BCUT2D eigenvalue weighted by atomic mass is 9.81. The number of ketones is 2. The van der Waals surface area contributed by atoms with Crippen molar-refractivity contribution >= 4 is 11.6 Å². The van der Waals surface area contributed by atoms with E-state index >= 15 is 0 Å². The van der Waals surface area contributed by atoms with E-state index in [0.29, 0.717) is 5.75 Å². The normalized spacial score (nSPS) is 26.0. The van der Waals surface area contributed by atoms with Crippen molar-refractivity contribution in [3.05, 3.63) is 28.8 Å². The molecule has 1 aromatic rings. The Hall–Kier alpha value is -1.64. The summed E-state index contributed by atoms with van der Waals surface area (Å²) in [7, 11) is 1.61. The minimum absolute atomic E-state index is 0.0540. The first-order valence-electron chi connectivity index (χ1n) is 7.77. The molecule has 2 aliphatic rings. The van der Waals surface area contributed by atoms with E-state index in [2.05, 4.69) is 0 Å². The molecule has 1 aromatic carbocycles. The van der Waals surface area contributed by atoms with Crippen LogP contribution >= 0.6 is 0 Å². The number of aryl methyl sites for hydroxylation is 2. The van der Waals surface area contributed by atoms with E-state index in [1.54, 1.807) is 7.11 Å². The van der Waals surface area contributed by atoms with Crippen LogP contribution in [0.2, 0.25) is 0 Å². The van der Waals surface area contributed by atoms with Crippen LogP contribution in [0, 0.1) is 25.7 Å². The SMILES string of the molecule is COc1cc(C)cc(C)c1C1C(=O)[C@H]2CCCC[C@@H]2C1=O. The van der Waals surface area contributed by atoms with Gasteiger partial charge in [0.2, 0.25) is 0 Å². The fourth-order valence-electron chi connectivity index (χ4n) is 4.14. The monoisotopic (exact) mass is 286 g/mol. The van der Waals surface area contributed by atoms with Crippen LogP contribution in [0.3, 0.4) is 0 Å². The molecule has 0 N–H and O–H groups in total. The van der Waals surface area contributed by atoms with E-state index in [1.807, 2.05) is 26.0 Å². The molecule has 2 atom stereocenters. The number of rotatable bonds is 2. The maximum absolute atomic E-state index is 12.8. The number of carbonyl (C=O) groups is 2. The van der Waals surface area contributed by atoms with Gasteiger partial charge in [-0.3, -0.25) is 9.59 Å². The van der Waals surface area contributed by atoms with Crippen LogP contribution in [-0.2, 0) is 9.59 Å². The Morgan fingerprint density at radius 2 is 1.57 bits per heavy atom. The summed E-state index contributed by atoms with van der Waals surface area (Å²) in [4.78, 5) is 25.6. The molecule has 3 nitrogen and oxygen atoms in total. The van der Waals surface area contributed by atoms with E-state index < -0.39 is 5.92 Å². The first kappa shape index (κ1) is 14.3. The van der Waals surface area contributed by atoms with E-state index in [4.69, 9.17) is 4.74 Å². The van der Waals surface area contributed by atoms with Gasteiger partial charge in [-0.25, -0.2) is 0 Å². The minimum Gasteiger partial charge on any atom is -0.496 e. The van der Waals surface area contributed by atoms with Gasteiger partial charge in [-0.2, -0.15) is 0 Å². The Kier molecular flexibility index (Phi) is 3.60. The van der Waals surface area contributed by atoms with Crippen molar-refractivity contribution in [1.82, 2.24) is 0 Å². The molecule has 21 heavy (non-hydrogen) atoms. The maximum Gasteiger partial charge on any atom is 0.151 e. The highest BCUT2D eigenvalue weighted by molar-refractivity contribution is 6.16. The Balaban J connectivity index is 2.08. The summed E-state index contributed by atoms with van der Waals surface area (Å²) >= 11 is 0. The highest BCUT2D eigenvalue weighted by Crippen LogP contribution is 2.47. The van der Waals surface area contributed by atoms with E-state index in [1.165, 1.54) is 0 Å². The van der Waals surface area contributed by atoms with Gasteiger partial charge in [-0.05, 0) is 43.9 Å². The minimum atomic E-state index is -0.603. The molecule has 0 heterocycles. The van der Waals surface area contributed by atoms with Crippen LogP contribution in [0.25, 0.3) is 0 Å². The fourth-order valence-corrected chi connectivity index (χ4v) is 4.14. The average Bonchev–Trinajstić information content (AvgIpc) is 2.71. The van der Waals surface area contributed by atoms with Crippen molar-refractivity contribution in [1.29, 1.82) is 0 Å². The number of methoxy groups -OCH3 is 1. The molecule has 0 bridgehead atoms. The molecule has 2 aliphatic carbocycles. The summed E-state index contributed by atoms with van der Waals surface area (Å²) in [6, 6.07) is 3.95. The van der Waals surface area contributed by atoms with Crippen LogP contribution in [0.15, 0.2) is 12.1 Å². The molecule has 3 heteroatoms. The predicted molar refractivity (Wildman–Crippen MR) is 80.7 cm³/mol. The number of carbonyl (C=O) groups excluding carboxylic acids is 2. The van der Waals surface area contributed by atoms with Crippen molar-refractivity contribution < 1.29 is 14.3 Å². The summed E-state index contributed by atoms with van der Waals surface area (Å²) in [6.07, 6.45) is 3.88. The second kappa shape index (κ2) is 5.28. The highest BCUT2D eigenvalue weighted by atomic mass is 16.5. The third-order valence-corrected chi connectivity index (χ3v) is 5.07. The van der Waals surface area contributed by atoms with Gasteiger partial charge in [0.1, 0.15) is 11.7 Å². The highest BCUT2D eigenvalue weighted by Gasteiger charge is 2.51. The van der Waals surface area contributed by atoms with Gasteiger partial charge in [0.05, 0.1) is 7.11 Å². The van der Waals surface area contributed by atoms with Crippen molar-refractivity contribution in [3.8, 4) is 5.75 Å². The molecule has 0 aromatic heterocycles. The van der Waals surface area contributed by atoms with Gasteiger partial charge in [0, 0.05) is 17.4 Å². The smallest absolute Gasteiger partial charge is 0.151 e. The number of Topliss-reactive ketones (excluding diaryl/α,β-unsaturated/α-hetero) is 2. The van der Waals surface area contributed by atoms with Gasteiger partial charge < -0.3 is 4.74 Å². The third kappa shape index (κ3) is 2.19. The summed E-state index contributed by atoms with van der Waals surface area (Å²) < 4.78 is 5.47. The van der Waals surface area contributed by atoms with Crippen LogP contribution in [0.4, 0.5) is 0 Å². The molecule has 3 rings (SSSR count). The van der Waals surface area contributed by atoms with Gasteiger partial charge in [0.15, 0.2) is 11.6 Å². The van der Waals surface area contributed by atoms with E-state index in [9.17, 15) is 9.59 Å². The standard InChI is InChI=1S/C18H22O3/c1-10-8-11(2)15(14(9-10)21-3)16-17(19)12-6-4-5-7-13(12)18(16)20/h8-9,12-13,16H,4-7H2,1-3H3/t12-,13-/m0/s1. The Morgan fingerprint density at radius 1 is 1.00 bits per heavy atom. The molecule has 112 valence electrons. The summed E-state index contributed by atoms with van der Waals surface area (Å²) in [5, 5.41) is 0. The molecule has 0 amide bonds. The number of ether oxygens (including phenoxy) is 1. The Bertz CT molecular complexity index is 579. The van der Waals surface area contributed by atoms with E-state index in [-0.39, 0.29) is 23.4 Å². The lowest BCUT2D eigenvalue weighted by Crippen LogP contribution is -2.21. The quantitative estimate of drug-likeness (QED) is 0.783. The van der Waals surface area contributed by atoms with Gasteiger partial charge in [0.25, 0.3) is 0 Å². The van der Waals surface area contributed by atoms with Crippen LogP contribution < -0.4 is 4.74 Å². The Labute approximate surface area is 125 Å². The molecule has 2 saturated carbocycles. The van der Waals surface area contributed by atoms with Crippen LogP contribution in [0.1, 0.15) is 48.3 Å². The first-order chi connectivity index (χ1) is 10.0. The van der Waals surface area contributed by atoms with Crippen molar-refractivity contribution in [2.75, 3.05) is 7.11 Å². The number of hydrogen-bond acceptors (Lipinski definition) is 3. The van der Waals surface area contributed by atoms with Gasteiger partial charge in [-0.1, -0.05) is 18.9 Å². The molecule has 0 radical (unpaired) electrons. The van der Waals surface area contributed by atoms with Crippen molar-refractivity contribution in [3.63, 3.8) is 0 Å². The number of hydrogen-bond donors (Lipinski definition) is 0. The first-order valence-corrected chi connectivity index (χ1v) is 7.77. The molecule has 2 fully saturated rings. The molecule has 0 unspecified atom stereocenters. The number of benzene rings is 1.